The highest BCUT2D eigenvalue weighted by Gasteiger charge is 2.35. The number of hydrogen-bond acceptors (Lipinski definition) is 6. The number of aromatic nitrogens is 2. The van der Waals surface area contributed by atoms with Crippen molar-refractivity contribution in [3.8, 4) is 5.88 Å². The quantitative estimate of drug-likeness (QED) is 0.684. The summed E-state index contributed by atoms with van der Waals surface area (Å²) in [5.41, 5.74) is 2.19. The number of alkyl halides is 3. The number of carbonyl (C=O) groups is 2. The number of nitrogens with one attached hydrogen (secondary N) is 2. The number of aryl methyl sites for hydroxylation is 1. The van der Waals surface area contributed by atoms with Crippen molar-refractivity contribution >= 4 is 17.6 Å². The Hall–Kier alpha value is -3.21. The second-order valence-electron chi connectivity index (χ2n) is 8.23. The zero-order chi connectivity index (χ0) is 23.8. The van der Waals surface area contributed by atoms with Crippen molar-refractivity contribution in [1.29, 1.82) is 0 Å². The number of carbonyl (C=O) groups excluding carboxylic acids is 2. The summed E-state index contributed by atoms with van der Waals surface area (Å²) in [6.45, 7) is 3.01. The Morgan fingerprint density at radius 2 is 2.18 bits per heavy atom. The number of pyridine rings is 2. The van der Waals surface area contributed by atoms with E-state index in [4.69, 9.17) is 4.74 Å². The molecule has 0 aliphatic carbocycles. The summed E-state index contributed by atoms with van der Waals surface area (Å²) in [5.74, 6) is -0.139. The van der Waals surface area contributed by atoms with E-state index in [9.17, 15) is 22.8 Å². The molecule has 2 amide bonds. The molecule has 0 radical (unpaired) electrons. The molecule has 4 rings (SSSR count). The van der Waals surface area contributed by atoms with Crippen molar-refractivity contribution < 1.29 is 27.5 Å². The maximum atomic E-state index is 13.1. The predicted octanol–water partition coefficient (Wildman–Crippen LogP) is 3.13. The van der Waals surface area contributed by atoms with Gasteiger partial charge in [0, 0.05) is 29.1 Å². The molecule has 1 unspecified atom stereocenters. The Kier molecular flexibility index (Phi) is 6.24. The molecule has 2 N–H and O–H groups in total. The first-order valence-electron chi connectivity index (χ1n) is 10.6. The fourth-order valence-electron chi connectivity index (χ4n) is 4.08. The Labute approximate surface area is 188 Å². The third-order valence-corrected chi connectivity index (χ3v) is 5.87. The van der Waals surface area contributed by atoms with Gasteiger partial charge in [0.15, 0.2) is 6.61 Å². The molecule has 2 atom stereocenters. The lowest BCUT2D eigenvalue weighted by atomic mass is 10.1. The minimum atomic E-state index is -4.46. The summed E-state index contributed by atoms with van der Waals surface area (Å²) >= 11 is 0. The largest absolute Gasteiger partial charge is 0.468 e. The van der Waals surface area contributed by atoms with Gasteiger partial charge in [0.25, 0.3) is 5.91 Å². The van der Waals surface area contributed by atoms with Crippen molar-refractivity contribution in [1.82, 2.24) is 20.2 Å². The minimum Gasteiger partial charge on any atom is -0.468 e. The summed E-state index contributed by atoms with van der Waals surface area (Å²) in [6.07, 6.45) is 0.115. The Morgan fingerprint density at radius 1 is 1.39 bits per heavy atom. The summed E-state index contributed by atoms with van der Waals surface area (Å²) < 4.78 is 42.0. The monoisotopic (exact) mass is 463 g/mol. The van der Waals surface area contributed by atoms with Gasteiger partial charge in [0.2, 0.25) is 11.8 Å². The highest BCUT2D eigenvalue weighted by Crippen LogP contribution is 2.35. The smallest absolute Gasteiger partial charge is 0.422 e. The molecule has 2 aromatic heterocycles. The molecule has 0 bridgehead atoms. The van der Waals surface area contributed by atoms with Gasteiger partial charge in [-0.15, -0.1) is 0 Å². The van der Waals surface area contributed by atoms with Crippen molar-refractivity contribution in [2.24, 2.45) is 0 Å². The molecule has 176 valence electrons. The van der Waals surface area contributed by atoms with Gasteiger partial charge in [0.1, 0.15) is 5.82 Å². The number of ether oxygens (including phenoxy) is 1. The number of anilines is 1. The van der Waals surface area contributed by atoms with E-state index in [0.29, 0.717) is 28.1 Å². The molecular weight excluding hydrogens is 439 g/mol. The summed E-state index contributed by atoms with van der Waals surface area (Å²) in [5, 5.41) is 5.97. The number of fused-ring (bicyclic) bond motifs is 1. The van der Waals surface area contributed by atoms with Crippen LogP contribution in [0.1, 0.15) is 52.9 Å². The van der Waals surface area contributed by atoms with E-state index in [1.807, 2.05) is 6.92 Å². The van der Waals surface area contributed by atoms with Crippen LogP contribution >= 0.6 is 0 Å². The van der Waals surface area contributed by atoms with Crippen LogP contribution in [0.15, 0.2) is 24.5 Å². The van der Waals surface area contributed by atoms with Gasteiger partial charge in [-0.3, -0.25) is 9.59 Å². The van der Waals surface area contributed by atoms with E-state index in [-0.39, 0.29) is 30.3 Å². The first kappa shape index (κ1) is 23.0. The molecule has 0 spiro atoms. The van der Waals surface area contributed by atoms with Crippen molar-refractivity contribution in [3.05, 3.63) is 46.8 Å². The molecule has 1 fully saturated rings. The van der Waals surface area contributed by atoms with Gasteiger partial charge in [-0.1, -0.05) is 0 Å². The summed E-state index contributed by atoms with van der Waals surface area (Å²) in [7, 11) is 0. The number of hydrogen-bond donors (Lipinski definition) is 2. The maximum Gasteiger partial charge on any atom is 0.422 e. The molecule has 2 aromatic rings. The molecule has 11 heteroatoms. The van der Waals surface area contributed by atoms with Crippen LogP contribution in [0.2, 0.25) is 0 Å². The Bertz CT molecular complexity index is 1070. The lowest BCUT2D eigenvalue weighted by Gasteiger charge is -2.25. The van der Waals surface area contributed by atoms with Crippen molar-refractivity contribution in [2.75, 3.05) is 18.5 Å². The molecule has 0 aromatic carbocycles. The zero-order valence-electron chi connectivity index (χ0n) is 18.2. The van der Waals surface area contributed by atoms with E-state index < -0.39 is 18.8 Å². The molecule has 2 aliphatic rings. The van der Waals surface area contributed by atoms with E-state index in [0.717, 1.165) is 19.4 Å². The molecule has 0 saturated carbocycles. The van der Waals surface area contributed by atoms with Gasteiger partial charge in [0.05, 0.1) is 18.6 Å². The van der Waals surface area contributed by atoms with Crippen molar-refractivity contribution in [2.45, 2.75) is 51.5 Å². The number of halogens is 3. The van der Waals surface area contributed by atoms with Crippen LogP contribution in [0, 0.1) is 6.92 Å². The second-order valence-corrected chi connectivity index (χ2v) is 8.23. The van der Waals surface area contributed by atoms with E-state index in [2.05, 4.69) is 20.6 Å². The Morgan fingerprint density at radius 3 is 2.85 bits per heavy atom. The topological polar surface area (TPSA) is 96.5 Å². The summed E-state index contributed by atoms with van der Waals surface area (Å²) in [4.78, 5) is 35.5. The molecule has 1 saturated heterocycles. The van der Waals surface area contributed by atoms with Crippen molar-refractivity contribution in [3.63, 3.8) is 0 Å². The van der Waals surface area contributed by atoms with Crippen LogP contribution in [0.4, 0.5) is 19.0 Å². The average Bonchev–Trinajstić information content (AvgIpc) is 3.41. The normalized spacial score (nSPS) is 18.9. The highest BCUT2D eigenvalue weighted by molar-refractivity contribution is 6.02. The molecule has 8 nitrogen and oxygen atoms in total. The first-order valence-corrected chi connectivity index (χ1v) is 10.6. The molecule has 33 heavy (non-hydrogen) atoms. The maximum absolute atomic E-state index is 13.1. The zero-order valence-corrected chi connectivity index (χ0v) is 18.2. The number of nitrogens with zero attached hydrogens (tertiary/aromatic N) is 3. The first-order chi connectivity index (χ1) is 15.6. The van der Waals surface area contributed by atoms with Crippen LogP contribution in [0.25, 0.3) is 0 Å². The average molecular weight is 463 g/mol. The third-order valence-electron chi connectivity index (χ3n) is 5.87. The van der Waals surface area contributed by atoms with Crippen LogP contribution in [-0.4, -0.2) is 52.1 Å². The SMILES string of the molecule is Cc1cc(C(C)N2Cc3c(ccnc3NC(=O)[C@@H]3CCCN3)C2=O)cnc1OCC(F)(F)F. The number of amides is 2. The fraction of sp³-hybridized carbons (Fsp3) is 0.455. The Balaban J connectivity index is 1.50. The third kappa shape index (κ3) is 4.92. The van der Waals surface area contributed by atoms with E-state index in [1.54, 1.807) is 24.0 Å². The van der Waals surface area contributed by atoms with E-state index in [1.165, 1.54) is 12.4 Å². The van der Waals surface area contributed by atoms with Gasteiger partial charge in [-0.05, 0) is 50.9 Å². The minimum absolute atomic E-state index is 0.103. The van der Waals surface area contributed by atoms with Crippen LogP contribution in [0.3, 0.4) is 0 Å². The predicted molar refractivity (Wildman–Crippen MR) is 113 cm³/mol. The number of rotatable bonds is 6. The van der Waals surface area contributed by atoms with Crippen LogP contribution < -0.4 is 15.4 Å². The van der Waals surface area contributed by atoms with Crippen LogP contribution in [0.5, 0.6) is 5.88 Å². The standard InChI is InChI=1S/C22H24F3N5O3/c1-12-8-14(9-28-20(12)33-11-22(23,24)25)13(2)30-10-16-15(21(30)32)5-7-27-18(16)29-19(31)17-4-3-6-26-17/h5,7-9,13,17,26H,3-4,6,10-11H2,1-2H3,(H,27,29,31)/t13?,17-/m0/s1. The molecule has 4 heterocycles. The second kappa shape index (κ2) is 8.97. The van der Waals surface area contributed by atoms with Gasteiger partial charge >= 0.3 is 6.18 Å². The molecule has 2 aliphatic heterocycles. The van der Waals surface area contributed by atoms with Gasteiger partial charge in [-0.2, -0.15) is 13.2 Å². The summed E-state index contributed by atoms with van der Waals surface area (Å²) in [6, 6.07) is 2.59. The van der Waals surface area contributed by atoms with Gasteiger partial charge < -0.3 is 20.3 Å². The molecular formula is C22H24F3N5O3. The van der Waals surface area contributed by atoms with Gasteiger partial charge in [-0.25, -0.2) is 9.97 Å². The van der Waals surface area contributed by atoms with Crippen LogP contribution in [-0.2, 0) is 11.3 Å². The van der Waals surface area contributed by atoms with E-state index >= 15 is 0 Å². The lowest BCUT2D eigenvalue weighted by Crippen LogP contribution is -2.36. The highest BCUT2D eigenvalue weighted by atomic mass is 19.4. The fourth-order valence-corrected chi connectivity index (χ4v) is 4.08. The lowest BCUT2D eigenvalue weighted by molar-refractivity contribution is -0.154.